The largest absolute Gasteiger partial charge is 0.369 e. The Morgan fingerprint density at radius 1 is 1.44 bits per heavy atom. The summed E-state index contributed by atoms with van der Waals surface area (Å²) in [4.78, 5) is 24.4. The van der Waals surface area contributed by atoms with E-state index in [0.717, 1.165) is 10.2 Å². The molecule has 1 atom stereocenters. The molecule has 0 bridgehead atoms. The number of anilines is 1. The Balaban J connectivity index is 2.27. The second-order valence-electron chi connectivity index (χ2n) is 3.76. The minimum absolute atomic E-state index is 0.0595. The first-order chi connectivity index (χ1) is 7.59. The maximum atomic E-state index is 11.7. The standard InChI is InChI=1S/C11H11BrN2O2/c12-8-3-1-2-4-9(8)14-6-7(11(13)16)5-10(14)15/h1-4,7H,5-6H2,(H2,13,16). The zero-order valence-corrected chi connectivity index (χ0v) is 10.1. The van der Waals surface area contributed by atoms with Crippen LogP contribution in [0.2, 0.25) is 0 Å². The van der Waals surface area contributed by atoms with Gasteiger partial charge >= 0.3 is 0 Å². The summed E-state index contributed by atoms with van der Waals surface area (Å²) in [7, 11) is 0. The Morgan fingerprint density at radius 3 is 2.69 bits per heavy atom. The molecule has 0 radical (unpaired) electrons. The first-order valence-electron chi connectivity index (χ1n) is 4.94. The predicted molar refractivity (Wildman–Crippen MR) is 63.8 cm³/mol. The topological polar surface area (TPSA) is 63.4 Å². The number of rotatable bonds is 2. The fraction of sp³-hybridized carbons (Fsp3) is 0.273. The van der Waals surface area contributed by atoms with Gasteiger partial charge in [0.15, 0.2) is 0 Å². The molecule has 1 saturated heterocycles. The highest BCUT2D eigenvalue weighted by molar-refractivity contribution is 9.10. The lowest BCUT2D eigenvalue weighted by Crippen LogP contribution is -2.28. The Hall–Kier alpha value is -1.36. The van der Waals surface area contributed by atoms with Gasteiger partial charge in [-0.1, -0.05) is 12.1 Å². The van der Waals surface area contributed by atoms with Crippen LogP contribution in [0.1, 0.15) is 6.42 Å². The van der Waals surface area contributed by atoms with Crippen molar-refractivity contribution in [2.24, 2.45) is 11.7 Å². The number of nitrogens with two attached hydrogens (primary N) is 1. The van der Waals surface area contributed by atoms with Gasteiger partial charge in [-0.15, -0.1) is 0 Å². The van der Waals surface area contributed by atoms with Crippen LogP contribution in [0.15, 0.2) is 28.7 Å². The molecule has 0 spiro atoms. The smallest absolute Gasteiger partial charge is 0.227 e. The van der Waals surface area contributed by atoms with E-state index >= 15 is 0 Å². The SMILES string of the molecule is NC(=O)C1CC(=O)N(c2ccccc2Br)C1. The Bertz CT molecular complexity index is 447. The van der Waals surface area contributed by atoms with Crippen molar-refractivity contribution in [1.82, 2.24) is 0 Å². The minimum Gasteiger partial charge on any atom is -0.369 e. The van der Waals surface area contributed by atoms with Crippen LogP contribution in [-0.4, -0.2) is 18.4 Å². The Kier molecular flexibility index (Phi) is 2.96. The molecule has 1 heterocycles. The lowest BCUT2D eigenvalue weighted by Gasteiger charge is -2.17. The summed E-state index contributed by atoms with van der Waals surface area (Å²) in [5.74, 6) is -0.849. The second kappa shape index (κ2) is 4.25. The highest BCUT2D eigenvalue weighted by Gasteiger charge is 2.34. The second-order valence-corrected chi connectivity index (χ2v) is 4.61. The molecule has 0 aliphatic carbocycles. The summed E-state index contributed by atoms with van der Waals surface area (Å²) in [6.07, 6.45) is 0.205. The number of primary amides is 1. The van der Waals surface area contributed by atoms with Crippen molar-refractivity contribution in [3.8, 4) is 0 Å². The average molecular weight is 283 g/mol. The molecule has 2 rings (SSSR count). The van der Waals surface area contributed by atoms with Gasteiger partial charge in [-0.05, 0) is 28.1 Å². The van der Waals surface area contributed by atoms with Crippen LogP contribution in [0.5, 0.6) is 0 Å². The molecule has 1 unspecified atom stereocenters. The zero-order valence-electron chi connectivity index (χ0n) is 8.52. The van der Waals surface area contributed by atoms with E-state index in [-0.39, 0.29) is 18.2 Å². The number of amides is 2. The molecule has 16 heavy (non-hydrogen) atoms. The molecule has 5 heteroatoms. The van der Waals surface area contributed by atoms with Gasteiger partial charge in [0, 0.05) is 17.4 Å². The normalized spacial score (nSPS) is 20.2. The quantitative estimate of drug-likeness (QED) is 0.888. The molecule has 1 aliphatic rings. The first-order valence-corrected chi connectivity index (χ1v) is 5.73. The maximum absolute atomic E-state index is 11.7. The Labute approximate surface area is 102 Å². The monoisotopic (exact) mass is 282 g/mol. The van der Waals surface area contributed by atoms with Gasteiger partial charge in [0.05, 0.1) is 11.6 Å². The van der Waals surface area contributed by atoms with E-state index in [4.69, 9.17) is 5.73 Å². The molecule has 0 saturated carbocycles. The average Bonchev–Trinajstić information content (AvgIpc) is 2.61. The number of nitrogens with zero attached hydrogens (tertiary/aromatic N) is 1. The molecule has 2 amide bonds. The van der Waals surface area contributed by atoms with Gasteiger partial charge in [-0.3, -0.25) is 9.59 Å². The van der Waals surface area contributed by atoms with Crippen molar-refractivity contribution in [1.29, 1.82) is 0 Å². The van der Waals surface area contributed by atoms with E-state index in [1.165, 1.54) is 0 Å². The fourth-order valence-corrected chi connectivity index (χ4v) is 2.30. The van der Waals surface area contributed by atoms with Gasteiger partial charge < -0.3 is 10.6 Å². The summed E-state index contributed by atoms with van der Waals surface area (Å²) in [6.45, 7) is 0.372. The summed E-state index contributed by atoms with van der Waals surface area (Å²) >= 11 is 3.38. The summed E-state index contributed by atoms with van der Waals surface area (Å²) in [6, 6.07) is 7.43. The number of hydrogen-bond acceptors (Lipinski definition) is 2. The molecular weight excluding hydrogens is 272 g/mol. The summed E-state index contributed by atoms with van der Waals surface area (Å²) in [5.41, 5.74) is 6.00. The predicted octanol–water partition coefficient (Wildman–Crippen LogP) is 1.29. The van der Waals surface area contributed by atoms with Crippen molar-refractivity contribution in [3.05, 3.63) is 28.7 Å². The van der Waals surface area contributed by atoms with Crippen molar-refractivity contribution in [2.75, 3.05) is 11.4 Å². The number of carbonyl (C=O) groups is 2. The van der Waals surface area contributed by atoms with E-state index in [1.54, 1.807) is 4.90 Å². The minimum atomic E-state index is -0.414. The molecule has 84 valence electrons. The third-order valence-electron chi connectivity index (χ3n) is 2.67. The number of para-hydroxylation sites is 1. The van der Waals surface area contributed by atoms with Crippen LogP contribution >= 0.6 is 15.9 Å². The van der Waals surface area contributed by atoms with E-state index in [2.05, 4.69) is 15.9 Å². The Morgan fingerprint density at radius 2 is 2.12 bits per heavy atom. The number of benzene rings is 1. The van der Waals surface area contributed by atoms with Crippen molar-refractivity contribution < 1.29 is 9.59 Å². The first kappa shape index (κ1) is 11.1. The highest BCUT2D eigenvalue weighted by Crippen LogP contribution is 2.30. The molecule has 1 aliphatic heterocycles. The van der Waals surface area contributed by atoms with E-state index in [9.17, 15) is 9.59 Å². The van der Waals surface area contributed by atoms with E-state index in [1.807, 2.05) is 24.3 Å². The number of carbonyl (C=O) groups excluding carboxylic acids is 2. The number of hydrogen-bond donors (Lipinski definition) is 1. The molecule has 4 nitrogen and oxygen atoms in total. The summed E-state index contributed by atoms with van der Waals surface area (Å²) in [5, 5.41) is 0. The van der Waals surface area contributed by atoms with Crippen molar-refractivity contribution in [3.63, 3.8) is 0 Å². The third kappa shape index (κ3) is 1.95. The lowest BCUT2D eigenvalue weighted by atomic mass is 10.1. The van der Waals surface area contributed by atoms with Crippen LogP contribution in [0.4, 0.5) is 5.69 Å². The van der Waals surface area contributed by atoms with E-state index in [0.29, 0.717) is 6.54 Å². The maximum Gasteiger partial charge on any atom is 0.227 e. The molecule has 1 aromatic rings. The molecule has 0 aromatic heterocycles. The molecule has 1 aromatic carbocycles. The van der Waals surface area contributed by atoms with Gasteiger partial charge in [0.2, 0.25) is 11.8 Å². The molecular formula is C11H11BrN2O2. The molecule has 1 fully saturated rings. The van der Waals surface area contributed by atoms with Crippen LogP contribution in [0.3, 0.4) is 0 Å². The van der Waals surface area contributed by atoms with Gasteiger partial charge in [-0.25, -0.2) is 0 Å². The van der Waals surface area contributed by atoms with Crippen LogP contribution in [-0.2, 0) is 9.59 Å². The molecule has 2 N–H and O–H groups in total. The van der Waals surface area contributed by atoms with Crippen molar-refractivity contribution in [2.45, 2.75) is 6.42 Å². The highest BCUT2D eigenvalue weighted by atomic mass is 79.9. The van der Waals surface area contributed by atoms with Gasteiger partial charge in [-0.2, -0.15) is 0 Å². The lowest BCUT2D eigenvalue weighted by molar-refractivity contribution is -0.123. The van der Waals surface area contributed by atoms with Gasteiger partial charge in [0.1, 0.15) is 0 Å². The zero-order chi connectivity index (χ0) is 11.7. The number of halogens is 1. The van der Waals surface area contributed by atoms with Gasteiger partial charge in [0.25, 0.3) is 0 Å². The summed E-state index contributed by atoms with van der Waals surface area (Å²) < 4.78 is 0.841. The van der Waals surface area contributed by atoms with Crippen LogP contribution < -0.4 is 10.6 Å². The van der Waals surface area contributed by atoms with E-state index < -0.39 is 5.91 Å². The fourth-order valence-electron chi connectivity index (χ4n) is 1.80. The van der Waals surface area contributed by atoms with Crippen LogP contribution in [0.25, 0.3) is 0 Å². The third-order valence-corrected chi connectivity index (χ3v) is 3.34. The van der Waals surface area contributed by atoms with Crippen LogP contribution in [0, 0.1) is 5.92 Å². The van der Waals surface area contributed by atoms with Crippen molar-refractivity contribution >= 4 is 33.4 Å².